The van der Waals surface area contributed by atoms with Crippen LogP contribution in [-0.2, 0) is 14.3 Å². The number of ether oxygens (including phenoxy) is 1. The lowest BCUT2D eigenvalue weighted by Gasteiger charge is -2.03. The molecule has 0 heterocycles. The van der Waals surface area contributed by atoms with Crippen molar-refractivity contribution in [2.24, 2.45) is 5.92 Å². The average Bonchev–Trinajstić information content (AvgIpc) is 2.31. The topological polar surface area (TPSA) is 63.6 Å². The van der Waals surface area contributed by atoms with Gasteiger partial charge in [-0.25, -0.2) is 0 Å². The van der Waals surface area contributed by atoms with Crippen LogP contribution < -0.4 is 0 Å². The Kier molecular flexibility index (Phi) is 2.24. The summed E-state index contributed by atoms with van der Waals surface area (Å²) >= 11 is 0. The summed E-state index contributed by atoms with van der Waals surface area (Å²) in [7, 11) is 1.28. The van der Waals surface area contributed by atoms with Crippen LogP contribution in [0.2, 0.25) is 0 Å². The monoisotopic (exact) mass is 158 g/mol. The zero-order valence-electron chi connectivity index (χ0n) is 6.24. The van der Waals surface area contributed by atoms with Gasteiger partial charge < -0.3 is 9.84 Å². The van der Waals surface area contributed by atoms with Crippen LogP contribution in [0.25, 0.3) is 0 Å². The summed E-state index contributed by atoms with van der Waals surface area (Å²) < 4.78 is 4.43. The number of esters is 1. The van der Waals surface area contributed by atoms with E-state index in [1.54, 1.807) is 0 Å². The third-order valence-corrected chi connectivity index (χ3v) is 1.86. The predicted molar refractivity (Wildman–Crippen MR) is 35.8 cm³/mol. The van der Waals surface area contributed by atoms with Gasteiger partial charge in [0.25, 0.3) is 0 Å². The second kappa shape index (κ2) is 3.00. The Morgan fingerprint density at radius 1 is 1.73 bits per heavy atom. The summed E-state index contributed by atoms with van der Waals surface area (Å²) in [5.41, 5.74) is 0. The maximum Gasteiger partial charge on any atom is 0.309 e. The van der Waals surface area contributed by atoms with Gasteiger partial charge in [-0.1, -0.05) is 0 Å². The van der Waals surface area contributed by atoms with Crippen LogP contribution in [0, 0.1) is 5.92 Å². The molecule has 0 aliphatic heterocycles. The van der Waals surface area contributed by atoms with Gasteiger partial charge in [0.15, 0.2) is 5.78 Å². The second-order valence-electron chi connectivity index (χ2n) is 2.64. The molecule has 0 bridgehead atoms. The standard InChI is InChI=1S/C7H10O4/c1-11-7(10)4-2-5(8)6(9)3-4/h4-5,8H,2-3H2,1H3/t4-,5-/m1/s1. The first-order chi connectivity index (χ1) is 5.15. The summed E-state index contributed by atoms with van der Waals surface area (Å²) in [6, 6.07) is 0. The highest BCUT2D eigenvalue weighted by atomic mass is 16.5. The molecule has 2 atom stereocenters. The van der Waals surface area contributed by atoms with Crippen molar-refractivity contribution < 1.29 is 19.4 Å². The molecule has 4 heteroatoms. The molecule has 62 valence electrons. The Balaban J connectivity index is 2.53. The van der Waals surface area contributed by atoms with Crippen molar-refractivity contribution >= 4 is 11.8 Å². The SMILES string of the molecule is COC(=O)[C@H]1CC(=O)[C@H](O)C1. The minimum absolute atomic E-state index is 0.119. The van der Waals surface area contributed by atoms with Crippen LogP contribution in [0.15, 0.2) is 0 Å². The Morgan fingerprint density at radius 3 is 2.73 bits per heavy atom. The van der Waals surface area contributed by atoms with Crippen LogP contribution in [0.1, 0.15) is 12.8 Å². The molecule has 0 aromatic rings. The molecule has 1 fully saturated rings. The molecule has 0 unspecified atom stereocenters. The summed E-state index contributed by atoms with van der Waals surface area (Å²) in [5.74, 6) is -1.10. The third kappa shape index (κ3) is 1.57. The quantitative estimate of drug-likeness (QED) is 0.522. The molecule has 1 aliphatic rings. The molecule has 4 nitrogen and oxygen atoms in total. The summed E-state index contributed by atoms with van der Waals surface area (Å²) in [4.78, 5) is 21.6. The highest BCUT2D eigenvalue weighted by Gasteiger charge is 2.35. The molecule has 11 heavy (non-hydrogen) atoms. The van der Waals surface area contributed by atoms with Gasteiger partial charge in [0.2, 0.25) is 0 Å². The van der Waals surface area contributed by atoms with E-state index in [0.717, 1.165) is 0 Å². The number of Topliss-reactive ketones (excluding diaryl/α,β-unsaturated/α-hetero) is 1. The lowest BCUT2D eigenvalue weighted by molar-refractivity contribution is -0.145. The molecule has 1 aliphatic carbocycles. The third-order valence-electron chi connectivity index (χ3n) is 1.86. The minimum Gasteiger partial charge on any atom is -0.469 e. The maximum absolute atomic E-state index is 10.8. The first-order valence-electron chi connectivity index (χ1n) is 3.43. The molecule has 1 rings (SSSR count). The van der Waals surface area contributed by atoms with E-state index >= 15 is 0 Å². The normalized spacial score (nSPS) is 30.5. The number of rotatable bonds is 1. The number of aliphatic hydroxyl groups excluding tert-OH is 1. The summed E-state index contributed by atoms with van der Waals surface area (Å²) in [6.45, 7) is 0. The van der Waals surface area contributed by atoms with E-state index in [0.29, 0.717) is 0 Å². The zero-order chi connectivity index (χ0) is 8.43. The van der Waals surface area contributed by atoms with Gasteiger partial charge in [-0.05, 0) is 6.42 Å². The molecule has 0 saturated heterocycles. The van der Waals surface area contributed by atoms with Gasteiger partial charge in [-0.15, -0.1) is 0 Å². The van der Waals surface area contributed by atoms with Crippen molar-refractivity contribution in [1.29, 1.82) is 0 Å². The van der Waals surface area contributed by atoms with E-state index in [4.69, 9.17) is 5.11 Å². The fourth-order valence-electron chi connectivity index (χ4n) is 1.21. The van der Waals surface area contributed by atoms with Gasteiger partial charge in [-0.2, -0.15) is 0 Å². The Labute approximate surface area is 64.2 Å². The minimum atomic E-state index is -0.959. The predicted octanol–water partition coefficient (Wildman–Crippen LogP) is -0.501. The first-order valence-corrected chi connectivity index (χ1v) is 3.43. The highest BCUT2D eigenvalue weighted by Crippen LogP contribution is 2.23. The number of carbonyl (C=O) groups excluding carboxylic acids is 2. The number of hydrogen-bond acceptors (Lipinski definition) is 4. The Bertz CT molecular complexity index is 187. The molecular weight excluding hydrogens is 148 g/mol. The molecule has 1 saturated carbocycles. The summed E-state index contributed by atoms with van der Waals surface area (Å²) in [6.07, 6.45) is -0.626. The lowest BCUT2D eigenvalue weighted by atomic mass is 10.1. The average molecular weight is 158 g/mol. The van der Waals surface area contributed by atoms with E-state index in [-0.39, 0.29) is 18.6 Å². The number of carbonyl (C=O) groups is 2. The number of ketones is 1. The van der Waals surface area contributed by atoms with Crippen LogP contribution in [0.4, 0.5) is 0 Å². The molecule has 0 amide bonds. The van der Waals surface area contributed by atoms with Crippen molar-refractivity contribution in [2.45, 2.75) is 18.9 Å². The Hall–Kier alpha value is -0.900. The number of hydrogen-bond donors (Lipinski definition) is 1. The molecule has 0 radical (unpaired) electrons. The first kappa shape index (κ1) is 8.20. The van der Waals surface area contributed by atoms with Crippen LogP contribution in [-0.4, -0.2) is 30.1 Å². The molecule has 1 N–H and O–H groups in total. The largest absolute Gasteiger partial charge is 0.469 e. The number of aliphatic hydroxyl groups is 1. The van der Waals surface area contributed by atoms with Crippen LogP contribution in [0.5, 0.6) is 0 Å². The maximum atomic E-state index is 10.8. The van der Waals surface area contributed by atoms with E-state index in [1.807, 2.05) is 0 Å². The second-order valence-corrected chi connectivity index (χ2v) is 2.64. The summed E-state index contributed by atoms with van der Waals surface area (Å²) in [5, 5.41) is 8.96. The van der Waals surface area contributed by atoms with Crippen LogP contribution >= 0.6 is 0 Å². The van der Waals surface area contributed by atoms with E-state index in [9.17, 15) is 9.59 Å². The number of methoxy groups -OCH3 is 1. The lowest BCUT2D eigenvalue weighted by Crippen LogP contribution is -2.13. The van der Waals surface area contributed by atoms with Gasteiger partial charge in [0.05, 0.1) is 13.0 Å². The van der Waals surface area contributed by atoms with E-state index < -0.39 is 18.0 Å². The van der Waals surface area contributed by atoms with E-state index in [1.165, 1.54) is 7.11 Å². The van der Waals surface area contributed by atoms with Crippen molar-refractivity contribution in [1.82, 2.24) is 0 Å². The van der Waals surface area contributed by atoms with Crippen molar-refractivity contribution in [3.63, 3.8) is 0 Å². The van der Waals surface area contributed by atoms with Gasteiger partial charge in [0.1, 0.15) is 6.10 Å². The van der Waals surface area contributed by atoms with Crippen molar-refractivity contribution in [3.05, 3.63) is 0 Å². The fourth-order valence-corrected chi connectivity index (χ4v) is 1.21. The van der Waals surface area contributed by atoms with Gasteiger partial charge in [0, 0.05) is 6.42 Å². The van der Waals surface area contributed by atoms with Gasteiger partial charge in [-0.3, -0.25) is 9.59 Å². The molecular formula is C7H10O4. The van der Waals surface area contributed by atoms with Crippen molar-refractivity contribution in [2.75, 3.05) is 7.11 Å². The fraction of sp³-hybridized carbons (Fsp3) is 0.714. The Morgan fingerprint density at radius 2 is 2.36 bits per heavy atom. The molecule has 0 aromatic carbocycles. The highest BCUT2D eigenvalue weighted by molar-refractivity contribution is 5.91. The van der Waals surface area contributed by atoms with Crippen LogP contribution in [0.3, 0.4) is 0 Å². The molecule has 0 spiro atoms. The van der Waals surface area contributed by atoms with Crippen molar-refractivity contribution in [3.8, 4) is 0 Å². The molecule has 0 aromatic heterocycles. The smallest absolute Gasteiger partial charge is 0.309 e. The van der Waals surface area contributed by atoms with Gasteiger partial charge >= 0.3 is 5.97 Å². The zero-order valence-corrected chi connectivity index (χ0v) is 6.24. The van der Waals surface area contributed by atoms with E-state index in [2.05, 4.69) is 4.74 Å².